The zero-order chi connectivity index (χ0) is 27.0. The Morgan fingerprint density at radius 2 is 1.64 bits per heavy atom. The molecule has 3 aliphatic rings. The minimum Gasteiger partial charge on any atom is -0.347 e. The number of carbonyl (C=O) groups excluding carboxylic acids is 2. The number of aromatic nitrogens is 2. The topological polar surface area (TPSA) is 79.3 Å². The number of nitrogens with zero attached hydrogens (tertiary/aromatic N) is 3. The predicted octanol–water partition coefficient (Wildman–Crippen LogP) is 5.21. The Labute approximate surface area is 231 Å². The van der Waals surface area contributed by atoms with E-state index in [0.29, 0.717) is 31.0 Å². The van der Waals surface area contributed by atoms with Gasteiger partial charge >= 0.3 is 0 Å². The van der Waals surface area contributed by atoms with Gasteiger partial charge in [-0.15, -0.1) is 0 Å². The molecule has 0 unspecified atom stereocenters. The zero-order valence-electron chi connectivity index (χ0n) is 23.2. The number of fused-ring (bicyclic) bond motifs is 3. The van der Waals surface area contributed by atoms with Crippen LogP contribution in [0.5, 0.6) is 0 Å². The molecule has 3 aromatic rings. The lowest BCUT2D eigenvalue weighted by molar-refractivity contribution is -0.133. The summed E-state index contributed by atoms with van der Waals surface area (Å²) < 4.78 is 2.48. The van der Waals surface area contributed by atoms with Crippen LogP contribution in [-0.4, -0.2) is 50.4 Å². The maximum atomic E-state index is 13.6. The first-order chi connectivity index (χ1) is 18.9. The van der Waals surface area contributed by atoms with Crippen molar-refractivity contribution in [3.8, 4) is 0 Å². The molecule has 7 nitrogen and oxygen atoms in total. The van der Waals surface area contributed by atoms with Gasteiger partial charge in [0.25, 0.3) is 0 Å². The Morgan fingerprint density at radius 3 is 2.33 bits per heavy atom. The summed E-state index contributed by atoms with van der Waals surface area (Å²) in [4.78, 5) is 33.2. The number of piperidine rings is 1. The van der Waals surface area contributed by atoms with Gasteiger partial charge in [-0.3, -0.25) is 14.5 Å². The van der Waals surface area contributed by atoms with Crippen LogP contribution in [0.2, 0.25) is 0 Å². The van der Waals surface area contributed by atoms with Crippen LogP contribution < -0.4 is 10.6 Å². The highest BCUT2D eigenvalue weighted by atomic mass is 16.2. The summed E-state index contributed by atoms with van der Waals surface area (Å²) in [5, 5.41) is 6.39. The highest BCUT2D eigenvalue weighted by Gasteiger charge is 2.44. The van der Waals surface area contributed by atoms with Crippen molar-refractivity contribution in [1.82, 2.24) is 25.1 Å². The minimum atomic E-state index is -0.776. The van der Waals surface area contributed by atoms with Crippen molar-refractivity contribution in [1.29, 1.82) is 0 Å². The number of para-hydroxylation sites is 2. The molecule has 3 fully saturated rings. The molecule has 2 bridgehead atoms. The monoisotopic (exact) mass is 527 g/mol. The van der Waals surface area contributed by atoms with Crippen molar-refractivity contribution in [3.05, 3.63) is 66.0 Å². The molecule has 0 radical (unpaired) electrons. The normalized spacial score (nSPS) is 25.0. The average Bonchev–Trinajstić information content (AvgIpc) is 3.60. The standard InChI is InChI=1S/C32H41N5O2/c1-22-33-29-12-6-7-13-30(29)37(22)27-20-25-14-15-26(21-27)36(25)19-16-28(24-10-4-3-5-11-24)34-31(39)32(35-23(2)38)17-8-9-18-32/h3-7,10-13,25-28H,8-9,14-21H2,1-2H3,(H,34,39)(H,35,38)/t25-,26+,27-,28-/m0/s1. The first kappa shape index (κ1) is 26.1. The molecule has 7 heteroatoms. The van der Waals surface area contributed by atoms with E-state index in [9.17, 15) is 9.59 Å². The van der Waals surface area contributed by atoms with E-state index in [-0.39, 0.29) is 17.9 Å². The molecular weight excluding hydrogens is 486 g/mol. The Kier molecular flexibility index (Phi) is 7.19. The van der Waals surface area contributed by atoms with Crippen LogP contribution >= 0.6 is 0 Å². The third kappa shape index (κ3) is 5.09. The highest BCUT2D eigenvalue weighted by molar-refractivity contribution is 5.91. The summed E-state index contributed by atoms with van der Waals surface area (Å²) in [6.07, 6.45) is 8.97. The Balaban J connectivity index is 1.16. The summed E-state index contributed by atoms with van der Waals surface area (Å²) in [7, 11) is 0. The van der Waals surface area contributed by atoms with E-state index in [1.807, 2.05) is 18.2 Å². The number of nitrogens with one attached hydrogen (secondary N) is 2. The van der Waals surface area contributed by atoms with Gasteiger partial charge in [0.15, 0.2) is 0 Å². The average molecular weight is 528 g/mol. The van der Waals surface area contributed by atoms with Gasteiger partial charge in [0, 0.05) is 31.6 Å². The number of aryl methyl sites for hydroxylation is 1. The summed E-state index contributed by atoms with van der Waals surface area (Å²) in [6, 6.07) is 20.3. The molecule has 206 valence electrons. The molecule has 1 aromatic heterocycles. The first-order valence-corrected chi connectivity index (χ1v) is 14.8. The van der Waals surface area contributed by atoms with Crippen LogP contribution in [-0.2, 0) is 9.59 Å². The lowest BCUT2D eigenvalue weighted by atomic mass is 9.93. The number of benzene rings is 2. The van der Waals surface area contributed by atoms with E-state index < -0.39 is 5.54 Å². The van der Waals surface area contributed by atoms with E-state index in [1.54, 1.807) is 0 Å². The van der Waals surface area contributed by atoms with Crippen molar-refractivity contribution in [3.63, 3.8) is 0 Å². The predicted molar refractivity (Wildman–Crippen MR) is 153 cm³/mol. The lowest BCUT2D eigenvalue weighted by Crippen LogP contribution is -2.57. The van der Waals surface area contributed by atoms with Crippen LogP contribution in [0.15, 0.2) is 54.6 Å². The third-order valence-electron chi connectivity index (χ3n) is 9.49. The van der Waals surface area contributed by atoms with E-state index in [0.717, 1.165) is 55.6 Å². The summed E-state index contributed by atoms with van der Waals surface area (Å²) >= 11 is 0. The Morgan fingerprint density at radius 1 is 0.974 bits per heavy atom. The van der Waals surface area contributed by atoms with Crippen molar-refractivity contribution < 1.29 is 9.59 Å². The lowest BCUT2D eigenvalue weighted by Gasteiger charge is -2.40. The van der Waals surface area contributed by atoms with E-state index in [4.69, 9.17) is 4.98 Å². The molecule has 39 heavy (non-hydrogen) atoms. The number of rotatable bonds is 8. The molecule has 1 saturated carbocycles. The Bertz CT molecular complexity index is 1310. The molecular formula is C32H41N5O2. The summed E-state index contributed by atoms with van der Waals surface area (Å²) in [6.45, 7) is 4.60. The molecule has 6 rings (SSSR count). The van der Waals surface area contributed by atoms with E-state index in [2.05, 4.69) is 63.4 Å². The molecule has 2 aliphatic heterocycles. The van der Waals surface area contributed by atoms with Gasteiger partial charge in [-0.05, 0) is 69.6 Å². The van der Waals surface area contributed by atoms with Crippen LogP contribution in [0.1, 0.15) is 88.2 Å². The van der Waals surface area contributed by atoms with Gasteiger partial charge in [0.05, 0.1) is 17.1 Å². The smallest absolute Gasteiger partial charge is 0.246 e. The largest absolute Gasteiger partial charge is 0.347 e. The summed E-state index contributed by atoms with van der Waals surface area (Å²) in [5.41, 5.74) is 2.69. The third-order valence-corrected chi connectivity index (χ3v) is 9.49. The van der Waals surface area contributed by atoms with Gasteiger partial charge in [0.1, 0.15) is 11.4 Å². The number of hydrogen-bond acceptors (Lipinski definition) is 4. The number of imidazole rings is 1. The van der Waals surface area contributed by atoms with Crippen molar-refractivity contribution in [2.45, 2.75) is 101 Å². The van der Waals surface area contributed by atoms with Crippen molar-refractivity contribution in [2.75, 3.05) is 6.54 Å². The van der Waals surface area contributed by atoms with Crippen LogP contribution in [0, 0.1) is 6.92 Å². The molecule has 3 heterocycles. The molecule has 1 aliphatic carbocycles. The molecule has 2 amide bonds. The van der Waals surface area contributed by atoms with Gasteiger partial charge in [-0.2, -0.15) is 0 Å². The van der Waals surface area contributed by atoms with Crippen LogP contribution in [0.4, 0.5) is 0 Å². The zero-order valence-corrected chi connectivity index (χ0v) is 23.2. The maximum Gasteiger partial charge on any atom is 0.246 e. The first-order valence-electron chi connectivity index (χ1n) is 14.8. The molecule has 0 spiro atoms. The fourth-order valence-electron chi connectivity index (χ4n) is 7.75. The minimum absolute atomic E-state index is 0.0341. The molecule has 2 aromatic carbocycles. The number of carbonyl (C=O) groups is 2. The molecule has 2 saturated heterocycles. The quantitative estimate of drug-likeness (QED) is 0.422. The second kappa shape index (κ2) is 10.8. The number of hydrogen-bond donors (Lipinski definition) is 2. The van der Waals surface area contributed by atoms with Gasteiger partial charge in [-0.1, -0.05) is 55.3 Å². The maximum absolute atomic E-state index is 13.6. The fourth-order valence-corrected chi connectivity index (χ4v) is 7.75. The van der Waals surface area contributed by atoms with Gasteiger partial charge in [0.2, 0.25) is 11.8 Å². The number of amides is 2. The van der Waals surface area contributed by atoms with Crippen LogP contribution in [0.25, 0.3) is 11.0 Å². The van der Waals surface area contributed by atoms with E-state index >= 15 is 0 Å². The summed E-state index contributed by atoms with van der Waals surface area (Å²) in [5.74, 6) is 0.942. The van der Waals surface area contributed by atoms with E-state index in [1.165, 1.54) is 25.3 Å². The van der Waals surface area contributed by atoms with Crippen molar-refractivity contribution in [2.24, 2.45) is 0 Å². The SMILES string of the molecule is CC(=O)NC1(C(=O)N[C@@H](CCN2[C@@H]3CC[C@H]2C[C@H](n2c(C)nc4ccccc42)C3)c2ccccc2)CCCC1. The molecule has 4 atom stereocenters. The second-order valence-corrected chi connectivity index (χ2v) is 12.0. The van der Waals surface area contributed by atoms with Gasteiger partial charge < -0.3 is 15.2 Å². The highest BCUT2D eigenvalue weighted by Crippen LogP contribution is 2.43. The molecule has 2 N–H and O–H groups in total. The van der Waals surface area contributed by atoms with Crippen molar-refractivity contribution >= 4 is 22.8 Å². The second-order valence-electron chi connectivity index (χ2n) is 12.0. The van der Waals surface area contributed by atoms with Gasteiger partial charge in [-0.25, -0.2) is 4.98 Å². The Hall–Kier alpha value is -3.19. The van der Waals surface area contributed by atoms with Crippen LogP contribution in [0.3, 0.4) is 0 Å². The fraction of sp³-hybridized carbons (Fsp3) is 0.531.